The summed E-state index contributed by atoms with van der Waals surface area (Å²) < 4.78 is 0. The van der Waals surface area contributed by atoms with E-state index in [1.807, 2.05) is 0 Å². The molecule has 1 rings (SSSR count). The first kappa shape index (κ1) is 14.9. The number of nitrogens with one attached hydrogen (secondary N) is 1. The lowest BCUT2D eigenvalue weighted by Gasteiger charge is -2.36. The maximum absolute atomic E-state index is 7.57. The summed E-state index contributed by atoms with van der Waals surface area (Å²) in [6, 6.07) is 0.734. The topological polar surface area (TPSA) is 32.3 Å². The van der Waals surface area contributed by atoms with Crippen LogP contribution in [0.4, 0.5) is 0 Å². The van der Waals surface area contributed by atoms with Gasteiger partial charge in [-0.05, 0) is 32.2 Å². The van der Waals surface area contributed by atoms with Crippen LogP contribution in [0.1, 0.15) is 59.3 Å². The minimum Gasteiger partial charge on any atom is -0.397 e. The van der Waals surface area contributed by atoms with E-state index >= 15 is 0 Å². The second-order valence-electron chi connectivity index (χ2n) is 5.10. The third kappa shape index (κ3) is 6.16. The number of aliphatic hydroxyl groups excluding tert-OH is 1. The number of aliphatic hydroxyl groups is 1. The Balaban J connectivity index is 0.000000583. The zero-order valence-electron chi connectivity index (χ0n) is 11.0. The van der Waals surface area contributed by atoms with E-state index in [0.717, 1.165) is 6.04 Å². The Morgan fingerprint density at radius 2 is 1.73 bits per heavy atom. The highest BCUT2D eigenvalue weighted by molar-refractivity contribution is 4.84. The SMILES string of the molecule is CCO.CNC1CCCCCCC1(C)C. The van der Waals surface area contributed by atoms with Gasteiger partial charge >= 0.3 is 0 Å². The standard InChI is InChI=1S/C11H23N.C2H6O/c1-11(2)9-7-5-4-6-8-10(11)12-3;1-2-3/h10,12H,4-9H2,1-3H3;3H,2H2,1H3. The van der Waals surface area contributed by atoms with Crippen molar-refractivity contribution in [1.82, 2.24) is 5.32 Å². The molecule has 0 amide bonds. The first-order chi connectivity index (χ1) is 7.08. The molecule has 0 aliphatic heterocycles. The van der Waals surface area contributed by atoms with Crippen molar-refractivity contribution >= 4 is 0 Å². The molecule has 2 N–H and O–H groups in total. The largest absolute Gasteiger partial charge is 0.397 e. The van der Waals surface area contributed by atoms with Crippen LogP contribution in [0.25, 0.3) is 0 Å². The van der Waals surface area contributed by atoms with Gasteiger partial charge in [0.2, 0.25) is 0 Å². The summed E-state index contributed by atoms with van der Waals surface area (Å²) in [5.41, 5.74) is 0.509. The van der Waals surface area contributed by atoms with E-state index in [0.29, 0.717) is 5.41 Å². The second-order valence-corrected chi connectivity index (χ2v) is 5.10. The molecule has 15 heavy (non-hydrogen) atoms. The molecule has 92 valence electrons. The van der Waals surface area contributed by atoms with Crippen LogP contribution >= 0.6 is 0 Å². The summed E-state index contributed by atoms with van der Waals surface area (Å²) >= 11 is 0. The maximum atomic E-state index is 7.57. The maximum Gasteiger partial charge on any atom is 0.0402 e. The summed E-state index contributed by atoms with van der Waals surface area (Å²) in [6.45, 7) is 6.74. The molecule has 1 fully saturated rings. The van der Waals surface area contributed by atoms with Crippen molar-refractivity contribution in [3.63, 3.8) is 0 Å². The molecule has 0 heterocycles. The van der Waals surface area contributed by atoms with Gasteiger partial charge in [-0.2, -0.15) is 0 Å². The van der Waals surface area contributed by atoms with Gasteiger partial charge in [-0.1, -0.05) is 39.5 Å². The van der Waals surface area contributed by atoms with Gasteiger partial charge in [-0.15, -0.1) is 0 Å². The van der Waals surface area contributed by atoms with Crippen LogP contribution in [0.5, 0.6) is 0 Å². The molecular formula is C13H29NO. The minimum atomic E-state index is 0.250. The predicted octanol–water partition coefficient (Wildman–Crippen LogP) is 2.95. The van der Waals surface area contributed by atoms with E-state index in [1.165, 1.54) is 38.5 Å². The smallest absolute Gasteiger partial charge is 0.0402 e. The highest BCUT2D eigenvalue weighted by Gasteiger charge is 2.28. The van der Waals surface area contributed by atoms with Gasteiger partial charge in [-0.25, -0.2) is 0 Å². The van der Waals surface area contributed by atoms with Crippen LogP contribution in [0, 0.1) is 5.41 Å². The first-order valence-electron chi connectivity index (χ1n) is 6.36. The fraction of sp³-hybridized carbons (Fsp3) is 1.00. The van der Waals surface area contributed by atoms with Gasteiger partial charge < -0.3 is 10.4 Å². The van der Waals surface area contributed by atoms with Crippen LogP contribution in [0.2, 0.25) is 0 Å². The van der Waals surface area contributed by atoms with Gasteiger partial charge in [0.25, 0.3) is 0 Å². The normalized spacial score (nSPS) is 25.8. The van der Waals surface area contributed by atoms with Crippen molar-refractivity contribution in [3.8, 4) is 0 Å². The molecule has 1 saturated carbocycles. The Labute approximate surface area is 95.5 Å². The monoisotopic (exact) mass is 215 g/mol. The van der Waals surface area contributed by atoms with Crippen LogP contribution < -0.4 is 5.32 Å². The Kier molecular flexibility index (Phi) is 8.07. The lowest BCUT2D eigenvalue weighted by Crippen LogP contribution is -2.40. The van der Waals surface area contributed by atoms with Crippen molar-refractivity contribution in [3.05, 3.63) is 0 Å². The second kappa shape index (κ2) is 8.12. The summed E-state index contributed by atoms with van der Waals surface area (Å²) in [7, 11) is 2.11. The molecule has 0 aromatic heterocycles. The lowest BCUT2D eigenvalue weighted by atomic mass is 9.76. The lowest BCUT2D eigenvalue weighted by molar-refractivity contribution is 0.197. The van der Waals surface area contributed by atoms with Crippen LogP contribution in [-0.4, -0.2) is 24.8 Å². The zero-order chi connectivity index (χ0) is 11.7. The predicted molar refractivity (Wildman–Crippen MR) is 67.1 cm³/mol. The van der Waals surface area contributed by atoms with E-state index in [4.69, 9.17) is 5.11 Å². The van der Waals surface area contributed by atoms with Crippen molar-refractivity contribution in [2.45, 2.75) is 65.3 Å². The molecule has 0 radical (unpaired) electrons. The average molecular weight is 215 g/mol. The van der Waals surface area contributed by atoms with Crippen molar-refractivity contribution in [1.29, 1.82) is 0 Å². The summed E-state index contributed by atoms with van der Waals surface area (Å²) in [5.74, 6) is 0. The summed E-state index contributed by atoms with van der Waals surface area (Å²) in [6.07, 6.45) is 8.47. The third-order valence-corrected chi connectivity index (χ3v) is 3.36. The molecule has 0 aromatic rings. The van der Waals surface area contributed by atoms with Crippen molar-refractivity contribution < 1.29 is 5.11 Å². The van der Waals surface area contributed by atoms with E-state index in [9.17, 15) is 0 Å². The molecule has 0 bridgehead atoms. The summed E-state index contributed by atoms with van der Waals surface area (Å²) in [5, 5.41) is 11.0. The Hall–Kier alpha value is -0.0800. The molecule has 0 saturated heterocycles. The molecule has 1 atom stereocenters. The summed E-state index contributed by atoms with van der Waals surface area (Å²) in [4.78, 5) is 0. The van der Waals surface area contributed by atoms with Gasteiger partial charge in [0, 0.05) is 12.6 Å². The Morgan fingerprint density at radius 1 is 1.20 bits per heavy atom. The molecule has 1 aliphatic rings. The van der Waals surface area contributed by atoms with Crippen LogP contribution in [0.15, 0.2) is 0 Å². The van der Waals surface area contributed by atoms with Crippen molar-refractivity contribution in [2.75, 3.05) is 13.7 Å². The first-order valence-corrected chi connectivity index (χ1v) is 6.36. The molecule has 0 aromatic carbocycles. The van der Waals surface area contributed by atoms with E-state index < -0.39 is 0 Å². The molecule has 0 spiro atoms. The highest BCUT2D eigenvalue weighted by Crippen LogP contribution is 2.32. The molecular weight excluding hydrogens is 186 g/mol. The van der Waals surface area contributed by atoms with Crippen LogP contribution in [0.3, 0.4) is 0 Å². The fourth-order valence-corrected chi connectivity index (χ4v) is 2.38. The molecule has 1 aliphatic carbocycles. The van der Waals surface area contributed by atoms with Crippen LogP contribution in [-0.2, 0) is 0 Å². The highest BCUT2D eigenvalue weighted by atomic mass is 16.2. The minimum absolute atomic E-state index is 0.250. The fourth-order valence-electron chi connectivity index (χ4n) is 2.38. The third-order valence-electron chi connectivity index (χ3n) is 3.36. The Morgan fingerprint density at radius 3 is 2.27 bits per heavy atom. The van der Waals surface area contributed by atoms with E-state index in [-0.39, 0.29) is 6.61 Å². The average Bonchev–Trinajstić information content (AvgIpc) is 2.14. The zero-order valence-corrected chi connectivity index (χ0v) is 11.0. The van der Waals surface area contributed by atoms with Gasteiger partial charge in [-0.3, -0.25) is 0 Å². The van der Waals surface area contributed by atoms with Gasteiger partial charge in [0.15, 0.2) is 0 Å². The van der Waals surface area contributed by atoms with Crippen molar-refractivity contribution in [2.24, 2.45) is 5.41 Å². The number of hydrogen-bond donors (Lipinski definition) is 2. The van der Waals surface area contributed by atoms with E-state index in [1.54, 1.807) is 6.92 Å². The van der Waals surface area contributed by atoms with Gasteiger partial charge in [0.05, 0.1) is 0 Å². The molecule has 2 nitrogen and oxygen atoms in total. The number of hydrogen-bond acceptors (Lipinski definition) is 2. The number of rotatable bonds is 1. The van der Waals surface area contributed by atoms with Gasteiger partial charge in [0.1, 0.15) is 0 Å². The van der Waals surface area contributed by atoms with E-state index in [2.05, 4.69) is 26.2 Å². The Bertz CT molecular complexity index is 145. The molecule has 2 heteroatoms. The molecule has 1 unspecified atom stereocenters. The quantitative estimate of drug-likeness (QED) is 0.705.